The summed E-state index contributed by atoms with van der Waals surface area (Å²) in [6.45, 7) is 3.42. The van der Waals surface area contributed by atoms with E-state index < -0.39 is 0 Å². The van der Waals surface area contributed by atoms with E-state index in [0.29, 0.717) is 31.5 Å². The monoisotopic (exact) mass is 307 g/mol. The van der Waals surface area contributed by atoms with Crippen molar-refractivity contribution in [1.29, 1.82) is 0 Å². The second-order valence-electron chi connectivity index (χ2n) is 4.63. The Bertz CT molecular complexity index is 653. The van der Waals surface area contributed by atoms with Gasteiger partial charge in [-0.05, 0) is 6.92 Å². The molecule has 8 nitrogen and oxygen atoms in total. The van der Waals surface area contributed by atoms with Gasteiger partial charge in [-0.2, -0.15) is 0 Å². The van der Waals surface area contributed by atoms with Crippen molar-refractivity contribution < 1.29 is 14.2 Å². The summed E-state index contributed by atoms with van der Waals surface area (Å²) in [5.74, 6) is 1.94. The van der Waals surface area contributed by atoms with Crippen LogP contribution in [0.4, 0.5) is 5.82 Å². The van der Waals surface area contributed by atoms with Gasteiger partial charge in [0.1, 0.15) is 5.82 Å². The number of methoxy groups -OCH3 is 3. The first-order chi connectivity index (χ1) is 10.7. The van der Waals surface area contributed by atoms with E-state index in [1.807, 2.05) is 13.0 Å². The molecule has 0 aliphatic rings. The fourth-order valence-electron chi connectivity index (χ4n) is 2.07. The lowest BCUT2D eigenvalue weighted by Gasteiger charge is -2.09. The van der Waals surface area contributed by atoms with Gasteiger partial charge in [0.25, 0.3) is 0 Å². The van der Waals surface area contributed by atoms with Crippen LogP contribution in [-0.2, 0) is 16.1 Å². The van der Waals surface area contributed by atoms with Crippen molar-refractivity contribution in [3.8, 4) is 5.88 Å². The molecule has 120 valence electrons. The van der Waals surface area contributed by atoms with Gasteiger partial charge in [0, 0.05) is 20.3 Å². The van der Waals surface area contributed by atoms with Crippen LogP contribution >= 0.6 is 0 Å². The molecule has 2 rings (SSSR count). The zero-order valence-electron chi connectivity index (χ0n) is 13.3. The van der Waals surface area contributed by atoms with Crippen molar-refractivity contribution in [2.45, 2.75) is 13.5 Å². The molecule has 0 atom stereocenters. The molecule has 0 aromatic carbocycles. The highest BCUT2D eigenvalue weighted by molar-refractivity contribution is 5.95. The van der Waals surface area contributed by atoms with Gasteiger partial charge in [-0.15, -0.1) is 5.10 Å². The van der Waals surface area contributed by atoms with E-state index in [2.05, 4.69) is 25.5 Å². The summed E-state index contributed by atoms with van der Waals surface area (Å²) >= 11 is 0. The maximum absolute atomic E-state index is 5.24. The predicted octanol–water partition coefficient (Wildman–Crippen LogP) is 1.59. The van der Waals surface area contributed by atoms with Crippen molar-refractivity contribution in [3.05, 3.63) is 11.8 Å². The fourth-order valence-corrected chi connectivity index (χ4v) is 2.07. The molecule has 0 fully saturated rings. The van der Waals surface area contributed by atoms with Crippen molar-refractivity contribution >= 4 is 22.6 Å². The molecule has 8 heteroatoms. The normalized spacial score (nSPS) is 11.9. The second kappa shape index (κ2) is 7.71. The average Bonchev–Trinajstić information content (AvgIpc) is 2.91. The van der Waals surface area contributed by atoms with Crippen LogP contribution in [0.25, 0.3) is 10.9 Å². The Kier molecular flexibility index (Phi) is 5.68. The van der Waals surface area contributed by atoms with Crippen molar-refractivity contribution in [2.75, 3.05) is 39.8 Å². The number of hydrogen-bond donors (Lipinski definition) is 2. The van der Waals surface area contributed by atoms with Gasteiger partial charge in [-0.25, -0.2) is 4.98 Å². The van der Waals surface area contributed by atoms with Gasteiger partial charge in [0.15, 0.2) is 0 Å². The predicted molar refractivity (Wildman–Crippen MR) is 84.6 cm³/mol. The van der Waals surface area contributed by atoms with E-state index in [9.17, 15) is 0 Å². The van der Waals surface area contributed by atoms with Gasteiger partial charge >= 0.3 is 0 Å². The molecule has 0 spiro atoms. The summed E-state index contributed by atoms with van der Waals surface area (Å²) in [4.78, 5) is 8.90. The highest BCUT2D eigenvalue weighted by atomic mass is 16.5. The SMILES string of the molecule is COCCN=C(C)Nc1cc2[nH]nc(OC)c2c(COC)n1. The van der Waals surface area contributed by atoms with Gasteiger partial charge in [-0.3, -0.25) is 10.1 Å². The van der Waals surface area contributed by atoms with Gasteiger partial charge in [0.2, 0.25) is 5.88 Å². The van der Waals surface area contributed by atoms with Gasteiger partial charge < -0.3 is 19.5 Å². The topological polar surface area (TPSA) is 93.7 Å². The summed E-state index contributed by atoms with van der Waals surface area (Å²) in [5, 5.41) is 11.0. The van der Waals surface area contributed by atoms with E-state index in [1.165, 1.54) is 0 Å². The second-order valence-corrected chi connectivity index (χ2v) is 4.63. The van der Waals surface area contributed by atoms with E-state index in [-0.39, 0.29) is 0 Å². The van der Waals surface area contributed by atoms with Crippen LogP contribution in [0.1, 0.15) is 12.6 Å². The third-order valence-corrected chi connectivity index (χ3v) is 3.01. The molecule has 0 aliphatic carbocycles. The lowest BCUT2D eigenvalue weighted by atomic mass is 10.2. The van der Waals surface area contributed by atoms with Crippen LogP contribution in [0.15, 0.2) is 11.1 Å². The Labute approximate surface area is 128 Å². The van der Waals surface area contributed by atoms with E-state index >= 15 is 0 Å². The number of nitrogens with one attached hydrogen (secondary N) is 2. The first-order valence-corrected chi connectivity index (χ1v) is 6.87. The number of anilines is 1. The molecule has 0 bridgehead atoms. The molecule has 0 aliphatic heterocycles. The first kappa shape index (κ1) is 16.2. The molecule has 0 radical (unpaired) electrons. The maximum Gasteiger partial charge on any atom is 0.242 e. The van der Waals surface area contributed by atoms with Crippen LogP contribution < -0.4 is 10.1 Å². The van der Waals surface area contributed by atoms with Crippen LogP contribution in [0.2, 0.25) is 0 Å². The maximum atomic E-state index is 5.24. The highest BCUT2D eigenvalue weighted by Gasteiger charge is 2.14. The molecule has 22 heavy (non-hydrogen) atoms. The molecule has 2 N–H and O–H groups in total. The Morgan fingerprint density at radius 1 is 1.32 bits per heavy atom. The minimum Gasteiger partial charge on any atom is -0.479 e. The summed E-state index contributed by atoms with van der Waals surface area (Å²) < 4.78 is 15.4. The minimum atomic E-state index is 0.363. The van der Waals surface area contributed by atoms with Crippen molar-refractivity contribution in [2.24, 2.45) is 4.99 Å². The quantitative estimate of drug-likeness (QED) is 0.458. The third-order valence-electron chi connectivity index (χ3n) is 3.01. The molecule has 2 aromatic heterocycles. The van der Waals surface area contributed by atoms with Gasteiger partial charge in [0.05, 0.1) is 49.3 Å². The van der Waals surface area contributed by atoms with Crippen LogP contribution in [0.5, 0.6) is 5.88 Å². The smallest absolute Gasteiger partial charge is 0.242 e. The fraction of sp³-hybridized carbons (Fsp3) is 0.500. The first-order valence-electron chi connectivity index (χ1n) is 6.87. The van der Waals surface area contributed by atoms with Crippen molar-refractivity contribution in [3.63, 3.8) is 0 Å². The van der Waals surface area contributed by atoms with Crippen LogP contribution in [-0.4, -0.2) is 55.5 Å². The standard InChI is InChI=1S/C14H21N5O3/c1-9(15-5-6-20-2)16-12-7-10-13(11(17-12)8-21-3)14(22-4)19-18-10/h7H,5-6,8H2,1-4H3,(H,18,19)(H,15,16,17). The molecule has 0 saturated heterocycles. The zero-order chi connectivity index (χ0) is 15.9. The summed E-state index contributed by atoms with van der Waals surface area (Å²) in [5.41, 5.74) is 1.57. The number of rotatable bonds is 7. The van der Waals surface area contributed by atoms with Crippen molar-refractivity contribution in [1.82, 2.24) is 15.2 Å². The average molecular weight is 307 g/mol. The number of nitrogens with zero attached hydrogens (tertiary/aromatic N) is 3. The third kappa shape index (κ3) is 3.71. The number of aromatic nitrogens is 3. The number of aliphatic imine (C=N–C) groups is 1. The lowest BCUT2D eigenvalue weighted by Crippen LogP contribution is -2.11. The van der Waals surface area contributed by atoms with Gasteiger partial charge in [-0.1, -0.05) is 0 Å². The zero-order valence-corrected chi connectivity index (χ0v) is 13.3. The van der Waals surface area contributed by atoms with Crippen LogP contribution in [0.3, 0.4) is 0 Å². The van der Waals surface area contributed by atoms with E-state index in [0.717, 1.165) is 22.4 Å². The number of hydrogen-bond acceptors (Lipinski definition) is 6. The Hall–Kier alpha value is -2.19. The number of pyridine rings is 1. The molecule has 0 saturated carbocycles. The number of H-pyrrole nitrogens is 1. The van der Waals surface area contributed by atoms with E-state index in [1.54, 1.807) is 21.3 Å². The summed E-state index contributed by atoms with van der Waals surface area (Å²) in [7, 11) is 4.85. The number of amidine groups is 1. The molecule has 0 unspecified atom stereocenters. The Morgan fingerprint density at radius 3 is 2.82 bits per heavy atom. The Balaban J connectivity index is 2.29. The number of aromatic amines is 1. The highest BCUT2D eigenvalue weighted by Crippen LogP contribution is 2.27. The molecule has 2 aromatic rings. The lowest BCUT2D eigenvalue weighted by molar-refractivity contribution is 0.182. The number of fused-ring (bicyclic) bond motifs is 1. The number of ether oxygens (including phenoxy) is 3. The van der Waals surface area contributed by atoms with Crippen LogP contribution in [0, 0.1) is 0 Å². The summed E-state index contributed by atoms with van der Waals surface area (Å²) in [6.07, 6.45) is 0. The molecule has 0 amide bonds. The molecular weight excluding hydrogens is 286 g/mol. The molecular formula is C14H21N5O3. The summed E-state index contributed by atoms with van der Waals surface area (Å²) in [6, 6.07) is 1.86. The minimum absolute atomic E-state index is 0.363. The Morgan fingerprint density at radius 2 is 2.14 bits per heavy atom. The van der Waals surface area contributed by atoms with E-state index in [4.69, 9.17) is 14.2 Å². The molecule has 2 heterocycles. The largest absolute Gasteiger partial charge is 0.479 e.